The molecule has 142 valence electrons. The largest absolute Gasteiger partial charge is 0.492 e. The van der Waals surface area contributed by atoms with Gasteiger partial charge in [-0.3, -0.25) is 4.90 Å². The Bertz CT molecular complexity index is 609. The van der Waals surface area contributed by atoms with Gasteiger partial charge in [-0.2, -0.15) is 0 Å². The van der Waals surface area contributed by atoms with E-state index in [0.29, 0.717) is 30.9 Å². The molecule has 1 unspecified atom stereocenters. The number of nitrogens with zero attached hydrogens (tertiary/aromatic N) is 1. The molecule has 3 nitrogen and oxygen atoms in total. The highest BCUT2D eigenvalue weighted by Gasteiger charge is 2.11. The summed E-state index contributed by atoms with van der Waals surface area (Å²) in [6.45, 7) is 2.79. The molecule has 0 radical (unpaired) electrons. The molecule has 0 aliphatic heterocycles. The highest BCUT2D eigenvalue weighted by atomic mass is 35.5. The molecule has 2 rings (SSSR count). The first-order chi connectivity index (χ1) is 12.7. The first-order valence-electron chi connectivity index (χ1n) is 9.49. The standard InChI is InChI=1S/C22H30ClNO2/c1-3-14-24(2)15-9-16-25-22-13-12-19(17-21(22)23)18-26-20-10-7-5-4-6-8-11-20/h1,4-5,12-13,17,20H,6-11,14-16,18H2,2H3/b5-4-. The molecule has 0 N–H and O–H groups in total. The summed E-state index contributed by atoms with van der Waals surface area (Å²) in [6.07, 6.45) is 16.8. The van der Waals surface area contributed by atoms with Crippen LogP contribution in [0.5, 0.6) is 5.75 Å². The van der Waals surface area contributed by atoms with Crippen LogP contribution in [0.4, 0.5) is 0 Å². The lowest BCUT2D eigenvalue weighted by Crippen LogP contribution is -2.21. The first kappa shape index (κ1) is 20.8. The predicted octanol–water partition coefficient (Wildman–Crippen LogP) is 5.08. The van der Waals surface area contributed by atoms with Crippen LogP contribution in [0.2, 0.25) is 5.02 Å². The molecule has 0 saturated carbocycles. The van der Waals surface area contributed by atoms with Crippen LogP contribution in [-0.4, -0.2) is 37.7 Å². The van der Waals surface area contributed by atoms with Gasteiger partial charge in [-0.05, 0) is 63.3 Å². The van der Waals surface area contributed by atoms with E-state index in [1.807, 2.05) is 25.2 Å². The van der Waals surface area contributed by atoms with E-state index in [2.05, 4.69) is 23.0 Å². The number of hydrogen-bond acceptors (Lipinski definition) is 3. The zero-order valence-electron chi connectivity index (χ0n) is 15.8. The Labute approximate surface area is 163 Å². The number of hydrogen-bond donors (Lipinski definition) is 0. The lowest BCUT2D eigenvalue weighted by atomic mass is 10.0. The zero-order valence-corrected chi connectivity index (χ0v) is 16.5. The van der Waals surface area contributed by atoms with Crippen LogP contribution in [-0.2, 0) is 11.3 Å². The lowest BCUT2D eigenvalue weighted by Gasteiger charge is -2.19. The number of rotatable bonds is 9. The third-order valence-corrected chi connectivity index (χ3v) is 4.80. The van der Waals surface area contributed by atoms with Gasteiger partial charge >= 0.3 is 0 Å². The molecule has 0 bridgehead atoms. The third-order valence-electron chi connectivity index (χ3n) is 4.50. The molecule has 26 heavy (non-hydrogen) atoms. The van der Waals surface area contributed by atoms with Crippen molar-refractivity contribution in [2.24, 2.45) is 0 Å². The number of terminal acetylenes is 1. The van der Waals surface area contributed by atoms with Crippen molar-refractivity contribution in [2.45, 2.75) is 51.2 Å². The Morgan fingerprint density at radius 3 is 2.92 bits per heavy atom. The molecule has 4 heteroatoms. The van der Waals surface area contributed by atoms with E-state index in [4.69, 9.17) is 27.5 Å². The summed E-state index contributed by atoms with van der Waals surface area (Å²) in [4.78, 5) is 2.09. The molecule has 0 aromatic heterocycles. The van der Waals surface area contributed by atoms with Gasteiger partial charge in [-0.15, -0.1) is 6.42 Å². The summed E-state index contributed by atoms with van der Waals surface area (Å²) in [6, 6.07) is 5.92. The average molecular weight is 376 g/mol. The fourth-order valence-corrected chi connectivity index (χ4v) is 3.27. The van der Waals surface area contributed by atoms with Gasteiger partial charge in [0.2, 0.25) is 0 Å². The van der Waals surface area contributed by atoms with E-state index in [1.54, 1.807) is 0 Å². The molecule has 1 aliphatic carbocycles. The second-order valence-corrected chi connectivity index (χ2v) is 7.23. The van der Waals surface area contributed by atoms with Gasteiger partial charge < -0.3 is 9.47 Å². The lowest BCUT2D eigenvalue weighted by molar-refractivity contribution is 0.0283. The minimum atomic E-state index is 0.342. The molecule has 0 heterocycles. The summed E-state index contributed by atoms with van der Waals surface area (Å²) in [5.74, 6) is 3.36. The van der Waals surface area contributed by atoms with Crippen LogP contribution in [0, 0.1) is 12.3 Å². The number of benzene rings is 1. The van der Waals surface area contributed by atoms with Gasteiger partial charge in [0.05, 0.1) is 30.9 Å². The Kier molecular flexibility index (Phi) is 9.63. The van der Waals surface area contributed by atoms with Crippen molar-refractivity contribution in [3.05, 3.63) is 40.9 Å². The minimum absolute atomic E-state index is 0.342. The molecule has 1 aromatic carbocycles. The summed E-state index contributed by atoms with van der Waals surface area (Å²) < 4.78 is 11.9. The van der Waals surface area contributed by atoms with Crippen LogP contribution >= 0.6 is 11.6 Å². The Morgan fingerprint density at radius 2 is 2.12 bits per heavy atom. The smallest absolute Gasteiger partial charge is 0.137 e. The summed E-state index contributed by atoms with van der Waals surface area (Å²) in [5, 5.41) is 0.642. The van der Waals surface area contributed by atoms with Crippen molar-refractivity contribution in [2.75, 3.05) is 26.7 Å². The second kappa shape index (κ2) is 12.0. The van der Waals surface area contributed by atoms with Crippen molar-refractivity contribution in [1.82, 2.24) is 4.90 Å². The van der Waals surface area contributed by atoms with Crippen LogP contribution in [0.1, 0.15) is 44.1 Å². The Morgan fingerprint density at radius 1 is 1.27 bits per heavy atom. The van der Waals surface area contributed by atoms with E-state index in [9.17, 15) is 0 Å². The van der Waals surface area contributed by atoms with Gasteiger partial charge in [0.1, 0.15) is 5.75 Å². The van der Waals surface area contributed by atoms with Gasteiger partial charge in [-0.1, -0.05) is 35.7 Å². The maximum Gasteiger partial charge on any atom is 0.137 e. The molecule has 1 aromatic rings. The van der Waals surface area contributed by atoms with E-state index < -0.39 is 0 Å². The van der Waals surface area contributed by atoms with Gasteiger partial charge in [0.15, 0.2) is 0 Å². The van der Waals surface area contributed by atoms with E-state index in [1.165, 1.54) is 6.42 Å². The number of halogens is 1. The predicted molar refractivity (Wildman–Crippen MR) is 109 cm³/mol. The topological polar surface area (TPSA) is 21.7 Å². The number of allylic oxidation sites excluding steroid dienone is 2. The zero-order chi connectivity index (χ0) is 18.6. The van der Waals surface area contributed by atoms with Crippen LogP contribution in [0.15, 0.2) is 30.4 Å². The molecular weight excluding hydrogens is 346 g/mol. The molecule has 1 aliphatic rings. The fourth-order valence-electron chi connectivity index (χ4n) is 3.01. The van der Waals surface area contributed by atoms with Crippen molar-refractivity contribution >= 4 is 11.6 Å². The van der Waals surface area contributed by atoms with E-state index >= 15 is 0 Å². The SMILES string of the molecule is C#CCN(C)CCCOc1ccc(COC2CC/C=C\CCC2)cc1Cl. The Balaban J connectivity index is 1.74. The minimum Gasteiger partial charge on any atom is -0.492 e. The highest BCUT2D eigenvalue weighted by molar-refractivity contribution is 6.32. The maximum absolute atomic E-state index is 6.36. The molecule has 0 amide bonds. The molecule has 1 atom stereocenters. The van der Waals surface area contributed by atoms with Crippen molar-refractivity contribution in [3.63, 3.8) is 0 Å². The average Bonchev–Trinajstić information content (AvgIpc) is 2.59. The summed E-state index contributed by atoms with van der Waals surface area (Å²) >= 11 is 6.36. The quantitative estimate of drug-likeness (QED) is 0.341. The molecule has 0 fully saturated rings. The maximum atomic E-state index is 6.36. The van der Waals surface area contributed by atoms with Crippen LogP contribution in [0.3, 0.4) is 0 Å². The fraction of sp³-hybridized carbons (Fsp3) is 0.545. The van der Waals surface area contributed by atoms with Crippen LogP contribution in [0.25, 0.3) is 0 Å². The van der Waals surface area contributed by atoms with Gasteiger partial charge in [0, 0.05) is 6.54 Å². The second-order valence-electron chi connectivity index (χ2n) is 6.82. The molecular formula is C22H30ClNO2. The van der Waals surface area contributed by atoms with E-state index in [0.717, 1.165) is 50.0 Å². The monoisotopic (exact) mass is 375 g/mol. The summed E-state index contributed by atoms with van der Waals surface area (Å²) in [5.41, 5.74) is 1.09. The van der Waals surface area contributed by atoms with Crippen molar-refractivity contribution in [1.29, 1.82) is 0 Å². The normalized spacial score (nSPS) is 18.8. The van der Waals surface area contributed by atoms with E-state index in [-0.39, 0.29) is 0 Å². The number of ether oxygens (including phenoxy) is 2. The van der Waals surface area contributed by atoms with Gasteiger partial charge in [0.25, 0.3) is 0 Å². The third kappa shape index (κ3) is 7.83. The van der Waals surface area contributed by atoms with Crippen molar-refractivity contribution < 1.29 is 9.47 Å². The first-order valence-corrected chi connectivity index (χ1v) is 9.86. The molecule has 0 saturated heterocycles. The summed E-state index contributed by atoms with van der Waals surface area (Å²) in [7, 11) is 2.01. The Hall–Kier alpha value is -1.47. The molecule has 0 spiro atoms. The van der Waals surface area contributed by atoms with Crippen LogP contribution < -0.4 is 4.74 Å². The van der Waals surface area contributed by atoms with Crippen molar-refractivity contribution in [3.8, 4) is 18.1 Å². The van der Waals surface area contributed by atoms with Gasteiger partial charge in [-0.25, -0.2) is 0 Å². The highest BCUT2D eigenvalue weighted by Crippen LogP contribution is 2.26.